The zero-order chi connectivity index (χ0) is 17.7. The fourth-order valence-electron chi connectivity index (χ4n) is 2.73. The molecule has 1 unspecified atom stereocenters. The molecule has 0 aromatic heterocycles. The van der Waals surface area contributed by atoms with Gasteiger partial charge in [-0.1, -0.05) is 36.2 Å². The molecule has 1 aromatic rings. The van der Waals surface area contributed by atoms with Crippen molar-refractivity contribution >= 4 is 39.1 Å². The van der Waals surface area contributed by atoms with Crippen LogP contribution in [0.4, 0.5) is 0 Å². The van der Waals surface area contributed by atoms with Crippen molar-refractivity contribution in [2.45, 2.75) is 31.9 Å². The third kappa shape index (κ3) is 5.09. The van der Waals surface area contributed by atoms with E-state index in [4.69, 9.17) is 23.2 Å². The minimum absolute atomic E-state index is 0.0683. The zero-order valence-electron chi connectivity index (χ0n) is 13.6. The highest BCUT2D eigenvalue weighted by molar-refractivity contribution is 7.88. The molecule has 1 fully saturated rings. The summed E-state index contributed by atoms with van der Waals surface area (Å²) in [6.07, 6.45) is 2.25. The lowest BCUT2D eigenvalue weighted by Gasteiger charge is -2.31. The highest BCUT2D eigenvalue weighted by Crippen LogP contribution is 2.26. The second kappa shape index (κ2) is 8.52. The van der Waals surface area contributed by atoms with Crippen molar-refractivity contribution in [3.63, 3.8) is 0 Å². The SMILES string of the molecule is CCCNC(=O)C1CCCN(S(=O)(=O)Cc2ccc(Cl)cc2Cl)C1. The fraction of sp³-hybridized carbons (Fsp3) is 0.562. The molecule has 2 rings (SSSR count). The van der Waals surface area contributed by atoms with Gasteiger partial charge in [0, 0.05) is 29.7 Å². The highest BCUT2D eigenvalue weighted by atomic mass is 35.5. The molecule has 1 saturated heterocycles. The van der Waals surface area contributed by atoms with E-state index in [2.05, 4.69) is 5.32 Å². The molecule has 24 heavy (non-hydrogen) atoms. The summed E-state index contributed by atoms with van der Waals surface area (Å²) >= 11 is 11.9. The van der Waals surface area contributed by atoms with Crippen molar-refractivity contribution in [2.24, 2.45) is 5.92 Å². The van der Waals surface area contributed by atoms with Crippen LogP contribution in [0, 0.1) is 5.92 Å². The van der Waals surface area contributed by atoms with Crippen molar-refractivity contribution in [1.29, 1.82) is 0 Å². The summed E-state index contributed by atoms with van der Waals surface area (Å²) in [4.78, 5) is 12.1. The van der Waals surface area contributed by atoms with Crippen LogP contribution in [0.2, 0.25) is 10.0 Å². The van der Waals surface area contributed by atoms with Gasteiger partial charge in [-0.25, -0.2) is 12.7 Å². The average molecular weight is 393 g/mol. The zero-order valence-corrected chi connectivity index (χ0v) is 15.9. The topological polar surface area (TPSA) is 66.5 Å². The Bertz CT molecular complexity index is 695. The van der Waals surface area contributed by atoms with Crippen molar-refractivity contribution < 1.29 is 13.2 Å². The van der Waals surface area contributed by atoms with E-state index in [9.17, 15) is 13.2 Å². The summed E-state index contributed by atoms with van der Waals surface area (Å²) in [5.41, 5.74) is 0.513. The molecule has 0 aliphatic carbocycles. The van der Waals surface area contributed by atoms with E-state index in [1.165, 1.54) is 10.4 Å². The summed E-state index contributed by atoms with van der Waals surface area (Å²) in [5, 5.41) is 3.64. The molecular weight excluding hydrogens is 371 g/mol. The number of piperidine rings is 1. The molecule has 1 aromatic carbocycles. The summed E-state index contributed by atoms with van der Waals surface area (Å²) in [5.74, 6) is -0.547. The number of carbonyl (C=O) groups excluding carboxylic acids is 1. The van der Waals surface area contributed by atoms with E-state index in [1.807, 2.05) is 6.92 Å². The van der Waals surface area contributed by atoms with E-state index in [0.29, 0.717) is 41.5 Å². The Kier molecular flexibility index (Phi) is 6.92. The Labute approximate surface area is 153 Å². The van der Waals surface area contributed by atoms with Gasteiger partial charge in [0.1, 0.15) is 0 Å². The summed E-state index contributed by atoms with van der Waals surface area (Å²) in [7, 11) is -3.53. The standard InChI is InChI=1S/C16H22Cl2N2O3S/c1-2-7-19-16(21)12-4-3-8-20(10-12)24(22,23)11-13-5-6-14(17)9-15(13)18/h5-6,9,12H,2-4,7-8,10-11H2,1H3,(H,19,21). The van der Waals surface area contributed by atoms with Crippen LogP contribution in [-0.4, -0.2) is 38.3 Å². The van der Waals surface area contributed by atoms with Gasteiger partial charge < -0.3 is 5.32 Å². The first kappa shape index (κ1) is 19.5. The number of rotatable bonds is 6. The lowest BCUT2D eigenvalue weighted by Crippen LogP contribution is -2.45. The number of hydrogen-bond acceptors (Lipinski definition) is 3. The number of benzene rings is 1. The van der Waals surface area contributed by atoms with Crippen LogP contribution >= 0.6 is 23.2 Å². The van der Waals surface area contributed by atoms with Crippen molar-refractivity contribution in [2.75, 3.05) is 19.6 Å². The van der Waals surface area contributed by atoms with Gasteiger partial charge in [0.25, 0.3) is 0 Å². The Morgan fingerprint density at radius 3 is 2.79 bits per heavy atom. The first-order valence-corrected chi connectivity index (χ1v) is 10.4. The Morgan fingerprint density at radius 1 is 1.38 bits per heavy atom. The van der Waals surface area contributed by atoms with Crippen LogP contribution < -0.4 is 5.32 Å². The molecule has 8 heteroatoms. The first-order valence-electron chi connectivity index (χ1n) is 8.03. The molecule has 1 aliphatic heterocycles. The van der Waals surface area contributed by atoms with Crippen LogP contribution in [0.3, 0.4) is 0 Å². The van der Waals surface area contributed by atoms with Gasteiger partial charge in [-0.05, 0) is 37.0 Å². The Morgan fingerprint density at radius 2 is 2.12 bits per heavy atom. The number of nitrogens with one attached hydrogen (secondary N) is 1. The van der Waals surface area contributed by atoms with E-state index >= 15 is 0 Å². The summed E-state index contributed by atoms with van der Waals surface area (Å²) < 4.78 is 26.8. The molecule has 5 nitrogen and oxygen atoms in total. The summed E-state index contributed by atoms with van der Waals surface area (Å²) in [6, 6.07) is 4.78. The smallest absolute Gasteiger partial charge is 0.224 e. The molecule has 0 spiro atoms. The lowest BCUT2D eigenvalue weighted by molar-refractivity contribution is -0.126. The second-order valence-corrected chi connectivity index (χ2v) is 8.79. The number of nitrogens with zero attached hydrogens (tertiary/aromatic N) is 1. The van der Waals surface area contributed by atoms with Gasteiger partial charge in [0.2, 0.25) is 15.9 Å². The normalized spacial score (nSPS) is 19.2. The molecular formula is C16H22Cl2N2O3S. The summed E-state index contributed by atoms with van der Waals surface area (Å²) in [6.45, 7) is 3.25. The van der Waals surface area contributed by atoms with Crippen LogP contribution in [0.15, 0.2) is 18.2 Å². The monoisotopic (exact) mass is 392 g/mol. The van der Waals surface area contributed by atoms with Gasteiger partial charge in [-0.3, -0.25) is 4.79 Å². The van der Waals surface area contributed by atoms with Crippen LogP contribution in [0.1, 0.15) is 31.7 Å². The van der Waals surface area contributed by atoms with Crippen LogP contribution in [-0.2, 0) is 20.6 Å². The maximum atomic E-state index is 12.7. The largest absolute Gasteiger partial charge is 0.356 e. The molecule has 1 aliphatic rings. The maximum Gasteiger partial charge on any atom is 0.224 e. The predicted molar refractivity (Wildman–Crippen MR) is 96.7 cm³/mol. The first-order chi connectivity index (χ1) is 11.3. The Balaban J connectivity index is 2.06. The van der Waals surface area contributed by atoms with E-state index in [1.54, 1.807) is 12.1 Å². The average Bonchev–Trinajstić information content (AvgIpc) is 2.55. The minimum Gasteiger partial charge on any atom is -0.356 e. The number of amides is 1. The third-order valence-corrected chi connectivity index (χ3v) is 6.43. The molecule has 0 saturated carbocycles. The van der Waals surface area contributed by atoms with E-state index in [0.717, 1.165) is 6.42 Å². The van der Waals surface area contributed by atoms with Gasteiger partial charge >= 0.3 is 0 Å². The van der Waals surface area contributed by atoms with Crippen molar-refractivity contribution in [3.05, 3.63) is 33.8 Å². The predicted octanol–water partition coefficient (Wildman–Crippen LogP) is 3.06. The highest BCUT2D eigenvalue weighted by Gasteiger charge is 2.32. The molecule has 1 atom stereocenters. The van der Waals surface area contributed by atoms with Crippen LogP contribution in [0.5, 0.6) is 0 Å². The quantitative estimate of drug-likeness (QED) is 0.808. The lowest BCUT2D eigenvalue weighted by atomic mass is 9.99. The van der Waals surface area contributed by atoms with Crippen molar-refractivity contribution in [3.8, 4) is 0 Å². The van der Waals surface area contributed by atoms with Gasteiger partial charge in [-0.15, -0.1) is 0 Å². The number of sulfonamides is 1. The fourth-order valence-corrected chi connectivity index (χ4v) is 4.92. The van der Waals surface area contributed by atoms with Gasteiger partial charge in [-0.2, -0.15) is 0 Å². The molecule has 1 heterocycles. The number of carbonyl (C=O) groups is 1. The number of hydrogen-bond donors (Lipinski definition) is 1. The van der Waals surface area contributed by atoms with Crippen LogP contribution in [0.25, 0.3) is 0 Å². The van der Waals surface area contributed by atoms with Gasteiger partial charge in [0.15, 0.2) is 0 Å². The molecule has 0 bridgehead atoms. The molecule has 1 amide bonds. The second-order valence-electron chi connectivity index (χ2n) is 5.98. The Hall–Kier alpha value is -0.820. The molecule has 1 N–H and O–H groups in total. The minimum atomic E-state index is -3.53. The van der Waals surface area contributed by atoms with Crippen molar-refractivity contribution in [1.82, 2.24) is 9.62 Å². The van der Waals surface area contributed by atoms with E-state index < -0.39 is 10.0 Å². The van der Waals surface area contributed by atoms with E-state index in [-0.39, 0.29) is 24.1 Å². The maximum absolute atomic E-state index is 12.7. The molecule has 134 valence electrons. The van der Waals surface area contributed by atoms with Gasteiger partial charge in [0.05, 0.1) is 11.7 Å². The number of halogens is 2. The molecule has 0 radical (unpaired) electrons. The third-order valence-electron chi connectivity index (χ3n) is 4.05.